The number of amides is 1. The first-order chi connectivity index (χ1) is 17.2. The number of hydrogen-bond donors (Lipinski definition) is 0. The van der Waals surface area contributed by atoms with Crippen LogP contribution in [-0.2, 0) is 24.8 Å². The topological polar surface area (TPSA) is 117 Å². The molecule has 1 fully saturated rings. The second-order valence-corrected chi connectivity index (χ2v) is 10.1. The molecule has 0 bridgehead atoms. The zero-order valence-corrected chi connectivity index (χ0v) is 21.0. The molecule has 0 aliphatic carbocycles. The fourth-order valence-electron chi connectivity index (χ4n) is 4.27. The molecule has 1 amide bonds. The lowest BCUT2D eigenvalue weighted by Gasteiger charge is -2.28. The molecule has 5 rings (SSSR count). The highest BCUT2D eigenvalue weighted by molar-refractivity contribution is 5.69. The van der Waals surface area contributed by atoms with E-state index in [9.17, 15) is 4.79 Å². The van der Waals surface area contributed by atoms with Crippen LogP contribution in [0.5, 0.6) is 0 Å². The summed E-state index contributed by atoms with van der Waals surface area (Å²) >= 11 is 0. The summed E-state index contributed by atoms with van der Waals surface area (Å²) in [6.07, 6.45) is 7.61. The summed E-state index contributed by atoms with van der Waals surface area (Å²) in [7, 11) is 1.87. The number of carbonyl (C=O) groups is 1. The molecule has 0 spiro atoms. The van der Waals surface area contributed by atoms with E-state index in [0.717, 1.165) is 35.2 Å². The van der Waals surface area contributed by atoms with Crippen molar-refractivity contribution in [3.8, 4) is 22.6 Å². The first-order valence-corrected chi connectivity index (χ1v) is 12.0. The molecule has 3 aromatic heterocycles. The minimum atomic E-state index is -0.524. The molecule has 11 nitrogen and oxygen atoms in total. The van der Waals surface area contributed by atoms with Crippen molar-refractivity contribution in [3.05, 3.63) is 54.3 Å². The van der Waals surface area contributed by atoms with Gasteiger partial charge in [0.15, 0.2) is 0 Å². The molecule has 4 aromatic rings. The molecular weight excluding hydrogens is 460 g/mol. The maximum atomic E-state index is 12.5. The van der Waals surface area contributed by atoms with Crippen LogP contribution in [0, 0.1) is 0 Å². The molecule has 36 heavy (non-hydrogen) atoms. The van der Waals surface area contributed by atoms with E-state index in [1.165, 1.54) is 0 Å². The molecule has 11 heteroatoms. The lowest BCUT2D eigenvalue weighted by molar-refractivity contribution is 0.0222. The molecule has 1 aliphatic rings. The van der Waals surface area contributed by atoms with Gasteiger partial charge in [0, 0.05) is 43.4 Å². The third-order valence-electron chi connectivity index (χ3n) is 5.98. The van der Waals surface area contributed by atoms with E-state index >= 15 is 0 Å². The van der Waals surface area contributed by atoms with Gasteiger partial charge in [-0.05, 0) is 39.2 Å². The second kappa shape index (κ2) is 9.56. The Labute approximate surface area is 209 Å². The summed E-state index contributed by atoms with van der Waals surface area (Å²) in [6.45, 7) is 6.89. The zero-order valence-electron chi connectivity index (χ0n) is 21.0. The number of hydrogen-bond acceptors (Lipinski definition) is 8. The number of carbonyl (C=O) groups excluding carboxylic acids is 1. The predicted molar refractivity (Wildman–Crippen MR) is 131 cm³/mol. The predicted octanol–water partition coefficient (Wildman–Crippen LogP) is 3.72. The van der Waals surface area contributed by atoms with Crippen molar-refractivity contribution in [2.75, 3.05) is 6.54 Å². The zero-order chi connectivity index (χ0) is 25.3. The second-order valence-electron chi connectivity index (χ2n) is 10.1. The van der Waals surface area contributed by atoms with Gasteiger partial charge in [-0.2, -0.15) is 10.1 Å². The molecule has 4 heterocycles. The molecule has 188 valence electrons. The van der Waals surface area contributed by atoms with E-state index in [2.05, 4.69) is 25.6 Å². The van der Waals surface area contributed by atoms with Crippen molar-refractivity contribution in [3.63, 3.8) is 0 Å². The van der Waals surface area contributed by atoms with Gasteiger partial charge in [0.1, 0.15) is 11.3 Å². The van der Waals surface area contributed by atoms with E-state index in [-0.39, 0.29) is 12.1 Å². The normalized spacial score (nSPS) is 16.0. The Morgan fingerprint density at radius 1 is 1.17 bits per heavy atom. The van der Waals surface area contributed by atoms with Gasteiger partial charge in [0.2, 0.25) is 11.7 Å². The average molecular weight is 491 g/mol. The Hall–Kier alpha value is -4.02. The number of likely N-dealkylation sites (tertiary alicyclic amines) is 1. The van der Waals surface area contributed by atoms with Crippen molar-refractivity contribution in [1.29, 1.82) is 0 Å². The molecule has 0 radical (unpaired) electrons. The SMILES string of the molecule is Cn1cc(-c2cn(Cc3ccc(-c4noc(C[C@@H]5CCCN5C(=O)OC(C)(C)C)n4)cc3)nn2)cn1. The number of ether oxygens (including phenoxy) is 1. The van der Waals surface area contributed by atoms with Crippen molar-refractivity contribution in [2.45, 2.75) is 58.2 Å². The van der Waals surface area contributed by atoms with Crippen LogP contribution in [0.3, 0.4) is 0 Å². The van der Waals surface area contributed by atoms with Gasteiger partial charge in [-0.15, -0.1) is 5.10 Å². The maximum Gasteiger partial charge on any atom is 0.410 e. The Morgan fingerprint density at radius 2 is 1.97 bits per heavy atom. The molecular formula is C25H30N8O3. The van der Waals surface area contributed by atoms with Crippen molar-refractivity contribution < 1.29 is 14.1 Å². The van der Waals surface area contributed by atoms with Gasteiger partial charge in [-0.25, -0.2) is 9.48 Å². The van der Waals surface area contributed by atoms with Crippen LogP contribution in [0.25, 0.3) is 22.6 Å². The molecule has 0 saturated carbocycles. The number of aromatic nitrogens is 7. The highest BCUT2D eigenvalue weighted by atomic mass is 16.6. The number of benzene rings is 1. The van der Waals surface area contributed by atoms with Gasteiger partial charge >= 0.3 is 6.09 Å². The maximum absolute atomic E-state index is 12.5. The van der Waals surface area contributed by atoms with E-state index < -0.39 is 5.60 Å². The van der Waals surface area contributed by atoms with Crippen LogP contribution in [0.2, 0.25) is 0 Å². The van der Waals surface area contributed by atoms with Crippen LogP contribution >= 0.6 is 0 Å². The third kappa shape index (κ3) is 5.45. The van der Waals surface area contributed by atoms with E-state index in [0.29, 0.717) is 31.2 Å². The molecule has 0 N–H and O–H groups in total. The summed E-state index contributed by atoms with van der Waals surface area (Å²) in [5.74, 6) is 1.04. The Balaban J connectivity index is 1.21. The highest BCUT2D eigenvalue weighted by Crippen LogP contribution is 2.25. The first kappa shape index (κ1) is 23.7. The molecule has 0 unspecified atom stereocenters. The summed E-state index contributed by atoms with van der Waals surface area (Å²) in [6, 6.07) is 7.95. The summed E-state index contributed by atoms with van der Waals surface area (Å²) in [5, 5.41) is 16.8. The lowest BCUT2D eigenvalue weighted by Crippen LogP contribution is -2.40. The monoisotopic (exact) mass is 490 g/mol. The largest absolute Gasteiger partial charge is 0.444 e. The van der Waals surface area contributed by atoms with Crippen LogP contribution in [0.4, 0.5) is 4.79 Å². The van der Waals surface area contributed by atoms with Gasteiger partial charge < -0.3 is 14.2 Å². The van der Waals surface area contributed by atoms with Crippen LogP contribution in [0.15, 0.2) is 47.4 Å². The lowest BCUT2D eigenvalue weighted by atomic mass is 10.1. The molecule has 1 atom stereocenters. The fourth-order valence-corrected chi connectivity index (χ4v) is 4.27. The van der Waals surface area contributed by atoms with Crippen molar-refractivity contribution in [1.82, 2.24) is 39.8 Å². The first-order valence-electron chi connectivity index (χ1n) is 12.0. The number of aryl methyl sites for hydroxylation is 1. The number of rotatable bonds is 6. The van der Waals surface area contributed by atoms with Crippen LogP contribution < -0.4 is 0 Å². The van der Waals surface area contributed by atoms with Gasteiger partial charge in [-0.3, -0.25) is 4.68 Å². The minimum Gasteiger partial charge on any atom is -0.444 e. The third-order valence-corrected chi connectivity index (χ3v) is 5.98. The van der Waals surface area contributed by atoms with Gasteiger partial charge in [0.25, 0.3) is 0 Å². The Morgan fingerprint density at radius 3 is 2.69 bits per heavy atom. The Bertz CT molecular complexity index is 1330. The smallest absolute Gasteiger partial charge is 0.410 e. The van der Waals surface area contributed by atoms with Crippen molar-refractivity contribution in [2.24, 2.45) is 7.05 Å². The highest BCUT2D eigenvalue weighted by Gasteiger charge is 2.33. The van der Waals surface area contributed by atoms with Crippen LogP contribution in [-0.4, -0.2) is 64.1 Å². The molecule has 1 saturated heterocycles. The molecule has 1 aliphatic heterocycles. The van der Waals surface area contributed by atoms with Gasteiger partial charge in [0.05, 0.1) is 18.9 Å². The fraction of sp³-hybridized carbons (Fsp3) is 0.440. The van der Waals surface area contributed by atoms with E-state index in [1.54, 1.807) is 20.5 Å². The average Bonchev–Trinajstić information content (AvgIpc) is 3.61. The Kier molecular flexibility index (Phi) is 6.29. The summed E-state index contributed by atoms with van der Waals surface area (Å²) < 4.78 is 14.6. The van der Waals surface area contributed by atoms with Gasteiger partial charge in [-0.1, -0.05) is 34.6 Å². The van der Waals surface area contributed by atoms with Crippen LogP contribution in [0.1, 0.15) is 45.1 Å². The van der Waals surface area contributed by atoms with E-state index in [1.807, 2.05) is 64.5 Å². The van der Waals surface area contributed by atoms with Crippen molar-refractivity contribution >= 4 is 6.09 Å². The quantitative estimate of drug-likeness (QED) is 0.401. The summed E-state index contributed by atoms with van der Waals surface area (Å²) in [5.41, 5.74) is 3.12. The number of nitrogens with zero attached hydrogens (tertiary/aromatic N) is 8. The summed E-state index contributed by atoms with van der Waals surface area (Å²) in [4.78, 5) is 18.9. The van der Waals surface area contributed by atoms with E-state index in [4.69, 9.17) is 9.26 Å². The standard InChI is InChI=1S/C25H30N8O3/c1-25(2,3)35-24(34)33-11-5-6-20(33)12-22-27-23(29-36-22)18-9-7-17(8-10-18)14-32-16-21(28-30-32)19-13-26-31(4)15-19/h7-10,13,15-16,20H,5-6,11-12,14H2,1-4H3/t20-/m0/s1. The molecule has 1 aromatic carbocycles. The minimum absolute atomic E-state index is 0.00485.